The fourth-order valence-corrected chi connectivity index (χ4v) is 6.06. The van der Waals surface area contributed by atoms with Crippen molar-refractivity contribution in [3.8, 4) is 16.9 Å². The number of aromatic nitrogens is 1. The van der Waals surface area contributed by atoms with E-state index in [-0.39, 0.29) is 20.5 Å². The van der Waals surface area contributed by atoms with Gasteiger partial charge in [0, 0.05) is 0 Å². The Kier molecular flexibility index (Phi) is 5.06. The first-order chi connectivity index (χ1) is 14.8. The van der Waals surface area contributed by atoms with Crippen molar-refractivity contribution in [2.45, 2.75) is 0 Å². The van der Waals surface area contributed by atoms with Gasteiger partial charge in [0.15, 0.2) is 0 Å². The molecule has 0 atom stereocenters. The fraction of sp³-hybridized carbons (Fsp3) is 0. The number of benzene rings is 4. The van der Waals surface area contributed by atoms with E-state index in [1.165, 1.54) is 8.92 Å². The van der Waals surface area contributed by atoms with Gasteiger partial charge in [-0.3, -0.25) is 0 Å². The Morgan fingerprint density at radius 3 is 1.77 bits per heavy atom. The second kappa shape index (κ2) is 8.16. The minimum atomic E-state index is 0.0169. The second-order valence-electron chi connectivity index (χ2n) is 6.98. The van der Waals surface area contributed by atoms with Crippen LogP contribution in [0, 0.1) is 0 Å². The van der Waals surface area contributed by atoms with E-state index in [2.05, 4.69) is 42.5 Å². The van der Waals surface area contributed by atoms with Crippen LogP contribution >= 0.6 is 0 Å². The van der Waals surface area contributed by atoms with Gasteiger partial charge in [0.05, 0.1) is 0 Å². The molecule has 0 radical (unpaired) electrons. The average Bonchev–Trinajstić information content (AvgIpc) is 2.82. The van der Waals surface area contributed by atoms with Gasteiger partial charge in [-0.1, -0.05) is 0 Å². The fourth-order valence-electron chi connectivity index (χ4n) is 3.71. The van der Waals surface area contributed by atoms with Crippen LogP contribution in [-0.4, -0.2) is 19.5 Å². The van der Waals surface area contributed by atoms with Crippen LogP contribution in [-0.2, 0) is 0 Å². The number of hydrogen-bond donors (Lipinski definition) is 0. The van der Waals surface area contributed by atoms with Gasteiger partial charge in [0.1, 0.15) is 0 Å². The molecule has 0 spiro atoms. The van der Waals surface area contributed by atoms with Crippen molar-refractivity contribution < 1.29 is 0 Å². The standard InChI is InChI=1S/C27H19NOSe/c29-27-24-19-11-10-18-23(24)26(30-22-16-8-3-9-17-22)25(20-12-4-1-5-13-20)28(27)21-14-6-2-7-15-21/h1-19H. The Bertz CT molecular complexity index is 1360. The predicted molar refractivity (Wildman–Crippen MR) is 126 cm³/mol. The molecule has 1 heterocycles. The molecule has 144 valence electrons. The molecule has 0 aliphatic rings. The van der Waals surface area contributed by atoms with E-state index in [1.54, 1.807) is 0 Å². The third-order valence-corrected chi connectivity index (χ3v) is 7.43. The summed E-state index contributed by atoms with van der Waals surface area (Å²) in [4.78, 5) is 13.7. The molecule has 5 aromatic rings. The average molecular weight is 452 g/mol. The van der Waals surface area contributed by atoms with E-state index < -0.39 is 0 Å². The molecule has 0 aliphatic carbocycles. The predicted octanol–water partition coefficient (Wildman–Crippen LogP) is 4.31. The molecule has 0 N–H and O–H groups in total. The third-order valence-electron chi connectivity index (χ3n) is 5.07. The van der Waals surface area contributed by atoms with Gasteiger partial charge in [-0.15, -0.1) is 0 Å². The van der Waals surface area contributed by atoms with Gasteiger partial charge in [-0.2, -0.15) is 0 Å². The summed E-state index contributed by atoms with van der Waals surface area (Å²) in [6.07, 6.45) is 0. The molecule has 0 unspecified atom stereocenters. The van der Waals surface area contributed by atoms with Gasteiger partial charge in [-0.05, 0) is 0 Å². The van der Waals surface area contributed by atoms with E-state index in [1.807, 2.05) is 77.4 Å². The molecule has 5 rings (SSSR count). The molecule has 4 aromatic carbocycles. The monoisotopic (exact) mass is 453 g/mol. The zero-order valence-corrected chi connectivity index (χ0v) is 17.9. The van der Waals surface area contributed by atoms with Crippen molar-refractivity contribution in [1.29, 1.82) is 0 Å². The van der Waals surface area contributed by atoms with Gasteiger partial charge < -0.3 is 0 Å². The summed E-state index contributed by atoms with van der Waals surface area (Å²) in [7, 11) is 0. The number of rotatable bonds is 4. The van der Waals surface area contributed by atoms with E-state index in [0.717, 1.165) is 27.7 Å². The molecule has 0 aliphatic heterocycles. The maximum absolute atomic E-state index is 13.7. The summed E-state index contributed by atoms with van der Waals surface area (Å²) in [5.41, 5.74) is 2.94. The first-order valence-corrected chi connectivity index (χ1v) is 11.6. The molecule has 0 saturated heterocycles. The molecular formula is C27H19NOSe. The van der Waals surface area contributed by atoms with Crippen LogP contribution in [0.1, 0.15) is 0 Å². The van der Waals surface area contributed by atoms with E-state index >= 15 is 0 Å². The molecule has 0 amide bonds. The quantitative estimate of drug-likeness (QED) is 0.373. The Balaban J connectivity index is 1.93. The van der Waals surface area contributed by atoms with Crippen LogP contribution in [0.5, 0.6) is 0 Å². The van der Waals surface area contributed by atoms with Crippen molar-refractivity contribution >= 4 is 34.7 Å². The third kappa shape index (κ3) is 3.39. The van der Waals surface area contributed by atoms with Crippen LogP contribution in [0.15, 0.2) is 120 Å². The van der Waals surface area contributed by atoms with Gasteiger partial charge in [-0.25, -0.2) is 0 Å². The van der Waals surface area contributed by atoms with Crippen molar-refractivity contribution in [1.82, 2.24) is 4.57 Å². The molecule has 1 aromatic heterocycles. The summed E-state index contributed by atoms with van der Waals surface area (Å²) in [6.45, 7) is 0. The van der Waals surface area contributed by atoms with Crippen molar-refractivity contribution in [2.75, 3.05) is 0 Å². The topological polar surface area (TPSA) is 22.0 Å². The van der Waals surface area contributed by atoms with Gasteiger partial charge >= 0.3 is 182 Å². The normalized spacial score (nSPS) is 10.9. The summed E-state index contributed by atoms with van der Waals surface area (Å²) >= 11 is 0.0380. The first kappa shape index (κ1) is 18.6. The SMILES string of the molecule is O=c1c2ccccc2c([Se]c2ccccc2)c(-c2ccccc2)n1-c1ccccc1. The van der Waals surface area contributed by atoms with Gasteiger partial charge in [0.25, 0.3) is 0 Å². The van der Waals surface area contributed by atoms with Crippen LogP contribution in [0.3, 0.4) is 0 Å². The Morgan fingerprint density at radius 1 is 0.567 bits per heavy atom. The first-order valence-electron chi connectivity index (χ1n) is 9.84. The van der Waals surface area contributed by atoms with Crippen molar-refractivity contribution in [3.63, 3.8) is 0 Å². The van der Waals surface area contributed by atoms with Gasteiger partial charge in [0.2, 0.25) is 0 Å². The second-order valence-corrected chi connectivity index (χ2v) is 9.25. The molecule has 0 saturated carbocycles. The maximum atomic E-state index is 13.7. The van der Waals surface area contributed by atoms with Crippen LogP contribution in [0.2, 0.25) is 0 Å². The van der Waals surface area contributed by atoms with E-state index in [4.69, 9.17) is 0 Å². The number of nitrogens with zero attached hydrogens (tertiary/aromatic N) is 1. The van der Waals surface area contributed by atoms with E-state index in [0.29, 0.717) is 0 Å². The Labute approximate surface area is 181 Å². The molecular weight excluding hydrogens is 433 g/mol. The van der Waals surface area contributed by atoms with Crippen LogP contribution in [0.4, 0.5) is 0 Å². The molecule has 30 heavy (non-hydrogen) atoms. The zero-order chi connectivity index (χ0) is 20.3. The number of fused-ring (bicyclic) bond motifs is 1. The number of para-hydroxylation sites is 1. The number of pyridine rings is 1. The van der Waals surface area contributed by atoms with Crippen molar-refractivity contribution in [2.24, 2.45) is 0 Å². The molecule has 0 bridgehead atoms. The Morgan fingerprint density at radius 2 is 1.10 bits per heavy atom. The Hall–Kier alpha value is -3.39. The van der Waals surface area contributed by atoms with Crippen LogP contribution < -0.4 is 14.5 Å². The summed E-state index contributed by atoms with van der Waals surface area (Å²) < 4.78 is 4.39. The molecule has 2 nitrogen and oxygen atoms in total. The number of hydrogen-bond acceptors (Lipinski definition) is 1. The molecule has 3 heteroatoms. The van der Waals surface area contributed by atoms with Crippen molar-refractivity contribution in [3.05, 3.63) is 126 Å². The van der Waals surface area contributed by atoms with E-state index in [9.17, 15) is 4.79 Å². The molecule has 0 fully saturated rings. The summed E-state index contributed by atoms with van der Waals surface area (Å²) in [5, 5.41) is 1.80. The minimum absolute atomic E-state index is 0.0169. The zero-order valence-electron chi connectivity index (χ0n) is 16.2. The summed E-state index contributed by atoms with van der Waals surface area (Å²) in [5.74, 6) is 0. The van der Waals surface area contributed by atoms with Crippen LogP contribution in [0.25, 0.3) is 27.7 Å². The summed E-state index contributed by atoms with van der Waals surface area (Å²) in [6, 6.07) is 38.7.